The van der Waals surface area contributed by atoms with Crippen molar-refractivity contribution in [2.75, 3.05) is 39.6 Å². The van der Waals surface area contributed by atoms with Crippen molar-refractivity contribution in [1.82, 2.24) is 0 Å². The maximum Gasteiger partial charge on any atom is 0.0667 e. The van der Waals surface area contributed by atoms with Gasteiger partial charge in [0.05, 0.1) is 45.1 Å². The van der Waals surface area contributed by atoms with Gasteiger partial charge in [-0.1, -0.05) is 0 Å². The van der Waals surface area contributed by atoms with Crippen LogP contribution in [0, 0.1) is 5.41 Å². The van der Waals surface area contributed by atoms with Crippen molar-refractivity contribution in [3.05, 3.63) is 11.1 Å². The van der Waals surface area contributed by atoms with Gasteiger partial charge in [-0.2, -0.15) is 0 Å². The zero-order valence-electron chi connectivity index (χ0n) is 8.43. The van der Waals surface area contributed by atoms with Crippen LogP contribution in [0.2, 0.25) is 0 Å². The molecule has 0 aliphatic heterocycles. The molecule has 0 radical (unpaired) electrons. The summed E-state index contributed by atoms with van der Waals surface area (Å²) in [6.45, 7) is -3.32. The minimum Gasteiger partial charge on any atom is -0.395 e. The van der Waals surface area contributed by atoms with E-state index in [0.717, 1.165) is 0 Å². The Morgan fingerprint density at radius 3 is 1.27 bits per heavy atom. The maximum absolute atomic E-state index is 9.09. The molecule has 15 heavy (non-hydrogen) atoms. The first-order chi connectivity index (χ1) is 7.15. The minimum absolute atomic E-state index is 0.0694. The SMILES string of the molecule is OCC(CO)=C(CO)C(CO)(CO)CO. The number of aliphatic hydroxyl groups excluding tert-OH is 6. The maximum atomic E-state index is 9.09. The molecule has 0 aliphatic rings. The fraction of sp³-hybridized carbons (Fsp3) is 0.778. The fourth-order valence-corrected chi connectivity index (χ4v) is 1.33. The average molecular weight is 222 g/mol. The molecule has 0 amide bonds. The third-order valence-electron chi connectivity index (χ3n) is 2.51. The summed E-state index contributed by atoms with van der Waals surface area (Å²) in [6, 6.07) is 0. The Labute approximate surface area is 87.7 Å². The van der Waals surface area contributed by atoms with Gasteiger partial charge in [-0.15, -0.1) is 0 Å². The average Bonchev–Trinajstić information content (AvgIpc) is 2.30. The predicted molar refractivity (Wildman–Crippen MR) is 52.0 cm³/mol. The first kappa shape index (κ1) is 14.5. The van der Waals surface area contributed by atoms with E-state index in [1.54, 1.807) is 0 Å². The number of hydrogen-bond donors (Lipinski definition) is 6. The second-order valence-electron chi connectivity index (χ2n) is 3.31. The van der Waals surface area contributed by atoms with Crippen molar-refractivity contribution in [2.45, 2.75) is 0 Å². The zero-order valence-corrected chi connectivity index (χ0v) is 8.43. The summed E-state index contributed by atoms with van der Waals surface area (Å²) in [5.41, 5.74) is -1.25. The Kier molecular flexibility index (Phi) is 6.66. The summed E-state index contributed by atoms with van der Waals surface area (Å²) in [5.74, 6) is 0. The normalized spacial score (nSPS) is 11.6. The van der Waals surface area contributed by atoms with Crippen LogP contribution in [0.25, 0.3) is 0 Å². The van der Waals surface area contributed by atoms with Gasteiger partial charge in [0.25, 0.3) is 0 Å². The second kappa shape index (κ2) is 6.89. The number of hydrogen-bond acceptors (Lipinski definition) is 6. The molecule has 0 atom stereocenters. The van der Waals surface area contributed by atoms with Crippen LogP contribution in [-0.2, 0) is 0 Å². The van der Waals surface area contributed by atoms with Crippen LogP contribution in [0.3, 0.4) is 0 Å². The van der Waals surface area contributed by atoms with Gasteiger partial charge in [-0.3, -0.25) is 0 Å². The fourth-order valence-electron chi connectivity index (χ4n) is 1.33. The summed E-state index contributed by atoms with van der Waals surface area (Å²) in [5, 5.41) is 54.1. The van der Waals surface area contributed by atoms with Gasteiger partial charge >= 0.3 is 0 Å². The van der Waals surface area contributed by atoms with Gasteiger partial charge in [-0.05, 0) is 11.1 Å². The highest BCUT2D eigenvalue weighted by molar-refractivity contribution is 5.24. The van der Waals surface area contributed by atoms with Crippen molar-refractivity contribution < 1.29 is 30.6 Å². The van der Waals surface area contributed by atoms with Gasteiger partial charge < -0.3 is 30.6 Å². The van der Waals surface area contributed by atoms with Crippen molar-refractivity contribution in [3.8, 4) is 0 Å². The quantitative estimate of drug-likeness (QED) is 0.259. The van der Waals surface area contributed by atoms with Crippen LogP contribution >= 0.6 is 0 Å². The summed E-state index contributed by atoms with van der Waals surface area (Å²) < 4.78 is 0. The van der Waals surface area contributed by atoms with Gasteiger partial charge in [0, 0.05) is 0 Å². The molecular formula is C9H18O6. The topological polar surface area (TPSA) is 121 Å². The Morgan fingerprint density at radius 1 is 0.667 bits per heavy atom. The Bertz CT molecular complexity index is 194. The molecule has 0 saturated heterocycles. The molecule has 0 bridgehead atoms. The lowest BCUT2D eigenvalue weighted by Crippen LogP contribution is -2.39. The Hall–Kier alpha value is -0.500. The van der Waals surface area contributed by atoms with E-state index in [9.17, 15) is 0 Å². The molecule has 0 saturated carbocycles. The number of rotatable bonds is 7. The van der Waals surface area contributed by atoms with Crippen molar-refractivity contribution in [3.63, 3.8) is 0 Å². The van der Waals surface area contributed by atoms with E-state index in [-0.39, 0.29) is 11.1 Å². The third kappa shape index (κ3) is 2.97. The smallest absolute Gasteiger partial charge is 0.0667 e. The predicted octanol–water partition coefficient (Wildman–Crippen LogP) is -2.78. The zero-order chi connectivity index (χ0) is 11.9. The molecule has 0 fully saturated rings. The summed E-state index contributed by atoms with van der Waals surface area (Å²) >= 11 is 0. The summed E-state index contributed by atoms with van der Waals surface area (Å²) in [6.07, 6.45) is 0. The van der Waals surface area contributed by atoms with Gasteiger partial charge in [0.15, 0.2) is 0 Å². The lowest BCUT2D eigenvalue weighted by atomic mass is 9.80. The van der Waals surface area contributed by atoms with Crippen LogP contribution in [0.5, 0.6) is 0 Å². The summed E-state index contributed by atoms with van der Waals surface area (Å²) in [4.78, 5) is 0. The van der Waals surface area contributed by atoms with E-state index in [2.05, 4.69) is 0 Å². The standard InChI is InChI=1S/C9H18O6/c10-1-7(2-11)8(3-12)9(4-13,5-14)6-15/h10-15H,1-6H2. The van der Waals surface area contributed by atoms with E-state index in [4.69, 9.17) is 30.6 Å². The highest BCUT2D eigenvalue weighted by Crippen LogP contribution is 2.28. The van der Waals surface area contributed by atoms with Crippen LogP contribution in [0.4, 0.5) is 0 Å². The molecule has 0 rings (SSSR count). The van der Waals surface area contributed by atoms with Crippen molar-refractivity contribution in [1.29, 1.82) is 0 Å². The molecule has 0 heterocycles. The monoisotopic (exact) mass is 222 g/mol. The van der Waals surface area contributed by atoms with Crippen LogP contribution < -0.4 is 0 Å². The molecule has 0 unspecified atom stereocenters. The van der Waals surface area contributed by atoms with Gasteiger partial charge in [0.2, 0.25) is 0 Å². The van der Waals surface area contributed by atoms with Gasteiger partial charge in [-0.25, -0.2) is 0 Å². The molecule has 90 valence electrons. The molecule has 6 heteroatoms. The van der Waals surface area contributed by atoms with E-state index >= 15 is 0 Å². The highest BCUT2D eigenvalue weighted by Gasteiger charge is 2.34. The molecule has 0 aromatic rings. The van der Waals surface area contributed by atoms with Crippen molar-refractivity contribution in [2.24, 2.45) is 5.41 Å². The molecule has 0 aliphatic carbocycles. The minimum atomic E-state index is -1.41. The number of aliphatic hydroxyl groups is 6. The largest absolute Gasteiger partial charge is 0.395 e. The molecule has 6 nitrogen and oxygen atoms in total. The van der Waals surface area contributed by atoms with Crippen LogP contribution in [-0.4, -0.2) is 70.3 Å². The van der Waals surface area contributed by atoms with E-state index in [0.29, 0.717) is 0 Å². The second-order valence-corrected chi connectivity index (χ2v) is 3.31. The Balaban J connectivity index is 5.30. The van der Waals surface area contributed by atoms with Gasteiger partial charge in [0.1, 0.15) is 0 Å². The first-order valence-corrected chi connectivity index (χ1v) is 4.52. The molecular weight excluding hydrogens is 204 g/mol. The van der Waals surface area contributed by atoms with Crippen molar-refractivity contribution >= 4 is 0 Å². The van der Waals surface area contributed by atoms with Crippen LogP contribution in [0.15, 0.2) is 11.1 Å². The lowest BCUT2D eigenvalue weighted by Gasteiger charge is -2.31. The first-order valence-electron chi connectivity index (χ1n) is 4.52. The van der Waals surface area contributed by atoms with E-state index in [1.165, 1.54) is 0 Å². The molecule has 0 aromatic heterocycles. The third-order valence-corrected chi connectivity index (χ3v) is 2.51. The Morgan fingerprint density at radius 2 is 1.07 bits per heavy atom. The lowest BCUT2D eigenvalue weighted by molar-refractivity contribution is 0.0235. The molecule has 0 spiro atoms. The molecule has 6 N–H and O–H groups in total. The van der Waals surface area contributed by atoms with E-state index < -0.39 is 45.1 Å². The van der Waals surface area contributed by atoms with E-state index in [1.807, 2.05) is 0 Å². The van der Waals surface area contributed by atoms with Crippen LogP contribution in [0.1, 0.15) is 0 Å². The summed E-state index contributed by atoms with van der Waals surface area (Å²) in [7, 11) is 0. The highest BCUT2D eigenvalue weighted by atomic mass is 16.3. The molecule has 0 aromatic carbocycles.